The number of ether oxygens (including phenoxy) is 1. The fourth-order valence-electron chi connectivity index (χ4n) is 5.24. The summed E-state index contributed by atoms with van der Waals surface area (Å²) in [4.78, 5) is 17.1. The van der Waals surface area contributed by atoms with Crippen LogP contribution >= 0.6 is 15.9 Å². The molecule has 2 aliphatic rings. The molecule has 3 aromatic carbocycles. The van der Waals surface area contributed by atoms with Crippen LogP contribution in [0.1, 0.15) is 22.9 Å². The lowest BCUT2D eigenvalue weighted by Gasteiger charge is -2.40. The van der Waals surface area contributed by atoms with Gasteiger partial charge in [0.2, 0.25) is 0 Å². The minimum atomic E-state index is -0.207. The average molecular weight is 590 g/mol. The van der Waals surface area contributed by atoms with E-state index in [9.17, 15) is 0 Å². The van der Waals surface area contributed by atoms with Crippen molar-refractivity contribution in [1.82, 2.24) is 14.8 Å². The van der Waals surface area contributed by atoms with E-state index in [2.05, 4.69) is 55.4 Å². The maximum atomic E-state index is 5.35. The molecule has 196 valence electrons. The van der Waals surface area contributed by atoms with Crippen LogP contribution in [0.4, 0.5) is 22.9 Å². The first kappa shape index (κ1) is 24.3. The molecule has 5 aromatic rings. The van der Waals surface area contributed by atoms with Crippen molar-refractivity contribution in [3.8, 4) is 11.6 Å². The second-order valence-electron chi connectivity index (χ2n) is 9.49. The maximum absolute atomic E-state index is 5.35. The number of amidine groups is 2. The number of nitrogens with zero attached hydrogens (tertiary/aromatic N) is 6. The van der Waals surface area contributed by atoms with E-state index in [4.69, 9.17) is 19.8 Å². The number of methoxy groups -OCH3 is 1. The molecule has 0 spiro atoms. The number of aromatic nitrogens is 3. The Hall–Kier alpha value is -4.76. The molecule has 0 unspecified atom stereocenters. The molecule has 0 aliphatic carbocycles. The van der Waals surface area contributed by atoms with Crippen molar-refractivity contribution in [1.29, 1.82) is 0 Å². The number of hydrogen-bond donors (Lipinski definition) is 1. The Balaban J connectivity index is 1.48. The number of halogens is 1. The van der Waals surface area contributed by atoms with Crippen molar-refractivity contribution in [2.45, 2.75) is 13.0 Å². The van der Waals surface area contributed by atoms with E-state index in [1.165, 1.54) is 0 Å². The van der Waals surface area contributed by atoms with Crippen LogP contribution in [-0.4, -0.2) is 33.5 Å². The van der Waals surface area contributed by atoms with E-state index in [-0.39, 0.29) is 6.04 Å². The summed E-state index contributed by atoms with van der Waals surface area (Å²) in [7, 11) is 1.66. The van der Waals surface area contributed by atoms with Gasteiger partial charge in [0, 0.05) is 21.9 Å². The largest absolute Gasteiger partial charge is 0.497 e. The molecule has 7 rings (SSSR count). The number of anilines is 2. The van der Waals surface area contributed by atoms with Gasteiger partial charge in [-0.15, -0.1) is 0 Å². The summed E-state index contributed by atoms with van der Waals surface area (Å²) in [6.07, 6.45) is 1.77. The molecule has 2 aromatic heterocycles. The first-order valence-corrected chi connectivity index (χ1v) is 13.6. The van der Waals surface area contributed by atoms with Gasteiger partial charge >= 0.3 is 0 Å². The summed E-state index contributed by atoms with van der Waals surface area (Å²) in [6, 6.07) is 29.9. The monoisotopic (exact) mass is 589 g/mol. The summed E-state index contributed by atoms with van der Waals surface area (Å²) in [5.41, 5.74) is 5.72. The van der Waals surface area contributed by atoms with Crippen molar-refractivity contribution < 1.29 is 4.74 Å². The number of fused-ring (bicyclic) bond motifs is 4. The first-order valence-electron chi connectivity index (χ1n) is 12.8. The van der Waals surface area contributed by atoms with Gasteiger partial charge in [-0.3, -0.25) is 0 Å². The van der Waals surface area contributed by atoms with Gasteiger partial charge in [0.05, 0.1) is 30.2 Å². The normalized spacial score (nSPS) is 15.4. The average Bonchev–Trinajstić information content (AvgIpc) is 3.33. The highest BCUT2D eigenvalue weighted by Crippen LogP contribution is 2.48. The summed E-state index contributed by atoms with van der Waals surface area (Å²) in [5, 5.41) is 8.46. The molecule has 0 saturated carbocycles. The molecule has 0 amide bonds. The van der Waals surface area contributed by atoms with Gasteiger partial charge in [0.1, 0.15) is 5.75 Å². The quantitative estimate of drug-likeness (QED) is 0.241. The smallest absolute Gasteiger partial charge is 0.179 e. The summed E-state index contributed by atoms with van der Waals surface area (Å²) in [6.45, 7) is 2.03. The topological polar surface area (TPSA) is 79.9 Å². The molecule has 40 heavy (non-hydrogen) atoms. The van der Waals surface area contributed by atoms with Crippen LogP contribution in [0.15, 0.2) is 112 Å². The molecular weight excluding hydrogens is 566 g/mol. The number of hydrogen-bond acceptors (Lipinski definition) is 7. The highest BCUT2D eigenvalue weighted by molar-refractivity contribution is 9.10. The zero-order valence-electron chi connectivity index (χ0n) is 21.8. The Morgan fingerprint density at radius 3 is 2.50 bits per heavy atom. The van der Waals surface area contributed by atoms with Crippen LogP contribution in [0.3, 0.4) is 0 Å². The molecule has 2 aliphatic heterocycles. The number of rotatable bonds is 4. The van der Waals surface area contributed by atoms with Gasteiger partial charge in [-0.1, -0.05) is 46.3 Å². The van der Waals surface area contributed by atoms with E-state index < -0.39 is 0 Å². The summed E-state index contributed by atoms with van der Waals surface area (Å²) >= 11 is 3.69. The number of para-hydroxylation sites is 2. The van der Waals surface area contributed by atoms with Gasteiger partial charge < -0.3 is 15.0 Å². The molecule has 1 N–H and O–H groups in total. The van der Waals surface area contributed by atoms with E-state index in [1.807, 2.05) is 78.3 Å². The van der Waals surface area contributed by atoms with E-state index in [0.29, 0.717) is 17.5 Å². The maximum Gasteiger partial charge on any atom is 0.179 e. The zero-order chi connectivity index (χ0) is 27.2. The highest BCUT2D eigenvalue weighted by Gasteiger charge is 2.41. The van der Waals surface area contributed by atoms with Crippen LogP contribution in [-0.2, 0) is 0 Å². The molecule has 4 heterocycles. The fraction of sp³-hybridized carbons (Fsp3) is 0.0968. The predicted octanol–water partition coefficient (Wildman–Crippen LogP) is 7.14. The highest BCUT2D eigenvalue weighted by atomic mass is 79.9. The van der Waals surface area contributed by atoms with Gasteiger partial charge in [0.15, 0.2) is 23.3 Å². The number of nitrogens with one attached hydrogen (secondary N) is 1. The molecular formula is C31H24BrN7O. The third kappa shape index (κ3) is 4.06. The van der Waals surface area contributed by atoms with Gasteiger partial charge in [-0.2, -0.15) is 9.78 Å². The summed E-state index contributed by atoms with van der Waals surface area (Å²) < 4.78 is 8.18. The lowest BCUT2D eigenvalue weighted by Crippen LogP contribution is -2.46. The van der Waals surface area contributed by atoms with E-state index in [0.717, 1.165) is 49.9 Å². The SMILES string of the molecule is COc1ccc(NC2=Nc3ccccc3N3C2=Nc2c(c(C)nn2-c2ccccn2)[C@@H]3c2cccc(Br)c2)cc1. The van der Waals surface area contributed by atoms with Gasteiger partial charge in [-0.05, 0) is 73.2 Å². The molecule has 0 fully saturated rings. The number of pyridine rings is 1. The third-order valence-corrected chi connectivity index (χ3v) is 7.51. The molecule has 0 bridgehead atoms. The minimum Gasteiger partial charge on any atom is -0.497 e. The van der Waals surface area contributed by atoms with Crippen molar-refractivity contribution >= 4 is 50.5 Å². The number of benzene rings is 3. The Labute approximate surface area is 239 Å². The Morgan fingerprint density at radius 1 is 0.900 bits per heavy atom. The number of aryl methyl sites for hydroxylation is 1. The molecule has 9 heteroatoms. The first-order chi connectivity index (χ1) is 19.6. The van der Waals surface area contributed by atoms with Crippen molar-refractivity contribution in [2.24, 2.45) is 9.98 Å². The van der Waals surface area contributed by atoms with Gasteiger partial charge in [0.25, 0.3) is 0 Å². The lowest BCUT2D eigenvalue weighted by atomic mass is 9.93. The third-order valence-electron chi connectivity index (χ3n) is 7.02. The molecule has 1 atom stereocenters. The predicted molar refractivity (Wildman–Crippen MR) is 162 cm³/mol. The Kier molecular flexibility index (Phi) is 5.93. The zero-order valence-corrected chi connectivity index (χ0v) is 23.4. The Bertz CT molecular complexity index is 1790. The van der Waals surface area contributed by atoms with Crippen molar-refractivity contribution in [3.05, 3.63) is 118 Å². The second-order valence-corrected chi connectivity index (χ2v) is 10.4. The van der Waals surface area contributed by atoms with E-state index >= 15 is 0 Å². The van der Waals surface area contributed by atoms with Crippen LogP contribution in [0, 0.1) is 6.92 Å². The van der Waals surface area contributed by atoms with Crippen molar-refractivity contribution in [2.75, 3.05) is 17.3 Å². The molecule has 0 radical (unpaired) electrons. The number of aliphatic imine (C=N–C) groups is 2. The fourth-order valence-corrected chi connectivity index (χ4v) is 5.66. The summed E-state index contributed by atoms with van der Waals surface area (Å²) in [5.74, 6) is 3.56. The molecule has 8 nitrogen and oxygen atoms in total. The minimum absolute atomic E-state index is 0.207. The Morgan fingerprint density at radius 2 is 1.73 bits per heavy atom. The standard InChI is InChI=1S/C31H24BrN7O/c1-19-27-28(20-8-7-9-21(32)18-20)38-25-11-4-3-10-24(25)35-29(34-22-13-15-23(40-2)16-14-22)31(38)36-30(27)39(37-19)26-12-5-6-17-33-26/h3-18,28H,1-2H3,(H,34,35)/t28-/m0/s1. The van der Waals surface area contributed by atoms with Crippen molar-refractivity contribution in [3.63, 3.8) is 0 Å². The second kappa shape index (κ2) is 9.77. The molecule has 0 saturated heterocycles. The van der Waals surface area contributed by atoms with Crippen LogP contribution in [0.5, 0.6) is 5.75 Å². The van der Waals surface area contributed by atoms with E-state index in [1.54, 1.807) is 13.3 Å². The van der Waals surface area contributed by atoms with Crippen LogP contribution < -0.4 is 15.0 Å². The van der Waals surface area contributed by atoms with Gasteiger partial charge in [-0.25, -0.2) is 15.0 Å². The van der Waals surface area contributed by atoms with Crippen LogP contribution in [0.2, 0.25) is 0 Å². The lowest BCUT2D eigenvalue weighted by molar-refractivity contribution is 0.415. The van der Waals surface area contributed by atoms with Crippen LogP contribution in [0.25, 0.3) is 5.82 Å².